The molecule has 0 amide bonds. The van der Waals surface area contributed by atoms with E-state index in [-0.39, 0.29) is 0 Å². The largest absolute Gasteiger partial charge is 0.416 e. The molecule has 1 aliphatic carbocycles. The fourth-order valence-electron chi connectivity index (χ4n) is 3.97. The second-order valence-electron chi connectivity index (χ2n) is 7.31. The highest BCUT2D eigenvalue weighted by Gasteiger charge is 2.30. The van der Waals surface area contributed by atoms with Crippen molar-refractivity contribution in [1.29, 1.82) is 0 Å². The molecule has 0 saturated heterocycles. The summed E-state index contributed by atoms with van der Waals surface area (Å²) in [6, 6.07) is 14.4. The Morgan fingerprint density at radius 2 is 1.46 bits per heavy atom. The van der Waals surface area contributed by atoms with Crippen LogP contribution in [0.2, 0.25) is 0 Å². The van der Waals surface area contributed by atoms with E-state index < -0.39 is 17.6 Å². The average molecular weight is 384 g/mol. The van der Waals surface area contributed by atoms with Crippen molar-refractivity contribution < 1.29 is 17.6 Å². The van der Waals surface area contributed by atoms with E-state index in [2.05, 4.69) is 25.1 Å². The van der Waals surface area contributed by atoms with Crippen LogP contribution in [0.5, 0.6) is 0 Å². The second kappa shape index (κ2) is 7.08. The molecule has 144 valence electrons. The molecule has 0 N–H and O–H groups in total. The number of halogens is 4. The van der Waals surface area contributed by atoms with Crippen molar-refractivity contribution >= 4 is 0 Å². The molecule has 4 rings (SSSR count). The van der Waals surface area contributed by atoms with E-state index in [1.165, 1.54) is 29.3 Å². The third-order valence-electron chi connectivity index (χ3n) is 5.38. The Morgan fingerprint density at radius 3 is 2.11 bits per heavy atom. The Labute approximate surface area is 161 Å². The lowest BCUT2D eigenvalue weighted by molar-refractivity contribution is -0.137. The summed E-state index contributed by atoms with van der Waals surface area (Å²) < 4.78 is 53.2. The zero-order valence-electron chi connectivity index (χ0n) is 15.5. The van der Waals surface area contributed by atoms with E-state index in [0.29, 0.717) is 11.1 Å². The standard InChI is InChI=1S/C24H20F4/c1-2-3-15-4-11-20-17(12-15)5-6-18-13-22(23(25)14-21(18)20)16-7-9-19(10-8-16)24(26,27)28/h4,7-14H,2-3,5-6H2,1H3. The SMILES string of the molecule is CCCc1ccc2c(c1)CCc1cc(-c3ccc(C(F)(F)F)cc3)c(F)cc1-2. The highest BCUT2D eigenvalue weighted by molar-refractivity contribution is 5.78. The second-order valence-corrected chi connectivity index (χ2v) is 7.31. The normalized spacial score (nSPS) is 13.2. The smallest absolute Gasteiger partial charge is 0.206 e. The van der Waals surface area contributed by atoms with Crippen LogP contribution in [0.1, 0.15) is 35.6 Å². The minimum absolute atomic E-state index is 0.346. The summed E-state index contributed by atoms with van der Waals surface area (Å²) in [5.74, 6) is -0.413. The molecule has 0 saturated carbocycles. The maximum atomic E-state index is 14.9. The van der Waals surface area contributed by atoms with Gasteiger partial charge in [-0.05, 0) is 76.9 Å². The van der Waals surface area contributed by atoms with Crippen LogP contribution in [0.15, 0.2) is 54.6 Å². The third-order valence-corrected chi connectivity index (χ3v) is 5.38. The number of hydrogen-bond donors (Lipinski definition) is 0. The summed E-state index contributed by atoms with van der Waals surface area (Å²) in [5, 5.41) is 0. The van der Waals surface area contributed by atoms with Gasteiger partial charge in [-0.1, -0.05) is 43.7 Å². The molecule has 28 heavy (non-hydrogen) atoms. The van der Waals surface area contributed by atoms with Crippen molar-refractivity contribution in [2.24, 2.45) is 0 Å². The lowest BCUT2D eigenvalue weighted by Crippen LogP contribution is -2.06. The number of aryl methyl sites for hydroxylation is 3. The molecule has 0 fully saturated rings. The van der Waals surface area contributed by atoms with Crippen LogP contribution >= 0.6 is 0 Å². The minimum atomic E-state index is -4.40. The van der Waals surface area contributed by atoms with E-state index in [4.69, 9.17) is 0 Å². The van der Waals surface area contributed by atoms with Crippen LogP contribution in [0.25, 0.3) is 22.3 Å². The molecule has 0 nitrogen and oxygen atoms in total. The predicted molar refractivity (Wildman–Crippen MR) is 104 cm³/mol. The van der Waals surface area contributed by atoms with Crippen LogP contribution in [-0.4, -0.2) is 0 Å². The zero-order valence-corrected chi connectivity index (χ0v) is 15.5. The summed E-state index contributed by atoms with van der Waals surface area (Å²) in [4.78, 5) is 0. The first-order chi connectivity index (χ1) is 13.4. The maximum absolute atomic E-state index is 14.9. The fourth-order valence-corrected chi connectivity index (χ4v) is 3.97. The molecule has 0 bridgehead atoms. The molecule has 1 aliphatic rings. The van der Waals surface area contributed by atoms with Gasteiger partial charge in [0.05, 0.1) is 5.56 Å². The highest BCUT2D eigenvalue weighted by Crippen LogP contribution is 2.38. The lowest BCUT2D eigenvalue weighted by Gasteiger charge is -2.22. The molecule has 0 spiro atoms. The highest BCUT2D eigenvalue weighted by atomic mass is 19.4. The number of benzene rings is 3. The van der Waals surface area contributed by atoms with Gasteiger partial charge >= 0.3 is 6.18 Å². The Balaban J connectivity index is 1.73. The van der Waals surface area contributed by atoms with Crippen LogP contribution < -0.4 is 0 Å². The Hall–Kier alpha value is -2.62. The van der Waals surface area contributed by atoms with Gasteiger partial charge < -0.3 is 0 Å². The van der Waals surface area contributed by atoms with Crippen molar-refractivity contribution in [3.05, 3.63) is 82.7 Å². The van der Waals surface area contributed by atoms with E-state index in [0.717, 1.165) is 54.5 Å². The zero-order chi connectivity index (χ0) is 19.9. The molecule has 0 radical (unpaired) electrons. The first kappa shape index (κ1) is 18.7. The molecule has 4 heteroatoms. The van der Waals surface area contributed by atoms with E-state index in [9.17, 15) is 17.6 Å². The first-order valence-corrected chi connectivity index (χ1v) is 9.49. The summed E-state index contributed by atoms with van der Waals surface area (Å²) in [6.07, 6.45) is -0.598. The summed E-state index contributed by atoms with van der Waals surface area (Å²) in [5.41, 5.74) is 5.58. The van der Waals surface area contributed by atoms with Gasteiger partial charge in [-0.2, -0.15) is 13.2 Å². The van der Waals surface area contributed by atoms with Gasteiger partial charge in [0, 0.05) is 5.56 Å². The van der Waals surface area contributed by atoms with Crippen LogP contribution in [-0.2, 0) is 25.4 Å². The lowest BCUT2D eigenvalue weighted by atomic mass is 9.83. The quantitative estimate of drug-likeness (QED) is 0.418. The van der Waals surface area contributed by atoms with E-state index in [1.54, 1.807) is 6.07 Å². The molecule has 0 aliphatic heterocycles. The van der Waals surface area contributed by atoms with Crippen molar-refractivity contribution in [3.63, 3.8) is 0 Å². The van der Waals surface area contributed by atoms with Gasteiger partial charge in [-0.3, -0.25) is 0 Å². The van der Waals surface area contributed by atoms with Gasteiger partial charge in [-0.15, -0.1) is 0 Å². The van der Waals surface area contributed by atoms with Gasteiger partial charge in [0.1, 0.15) is 5.82 Å². The van der Waals surface area contributed by atoms with Gasteiger partial charge in [0.15, 0.2) is 0 Å². The van der Waals surface area contributed by atoms with E-state index >= 15 is 0 Å². The maximum Gasteiger partial charge on any atom is 0.416 e. The van der Waals surface area contributed by atoms with Crippen LogP contribution in [0, 0.1) is 5.82 Å². The van der Waals surface area contributed by atoms with Crippen molar-refractivity contribution in [1.82, 2.24) is 0 Å². The summed E-state index contributed by atoms with van der Waals surface area (Å²) in [6.45, 7) is 2.15. The summed E-state index contributed by atoms with van der Waals surface area (Å²) in [7, 11) is 0. The molecule has 0 aromatic heterocycles. The van der Waals surface area contributed by atoms with E-state index in [1.807, 2.05) is 0 Å². The first-order valence-electron chi connectivity index (χ1n) is 9.49. The Kier molecular flexibility index (Phi) is 4.74. The van der Waals surface area contributed by atoms with Crippen LogP contribution in [0.4, 0.5) is 17.6 Å². The van der Waals surface area contributed by atoms with Crippen molar-refractivity contribution in [3.8, 4) is 22.3 Å². The topological polar surface area (TPSA) is 0 Å². The predicted octanol–water partition coefficient (Wildman–Crippen LogP) is 7.23. The van der Waals surface area contributed by atoms with Gasteiger partial charge in [0.2, 0.25) is 0 Å². The molecule has 0 unspecified atom stereocenters. The molecule has 3 aromatic carbocycles. The third kappa shape index (κ3) is 3.44. The molecular weight excluding hydrogens is 364 g/mol. The average Bonchev–Trinajstić information content (AvgIpc) is 2.67. The number of fused-ring (bicyclic) bond motifs is 3. The molecular formula is C24H20F4. The molecule has 3 aromatic rings. The molecule has 0 atom stereocenters. The van der Waals surface area contributed by atoms with Crippen molar-refractivity contribution in [2.75, 3.05) is 0 Å². The number of alkyl halides is 3. The summed E-state index contributed by atoms with van der Waals surface area (Å²) >= 11 is 0. The van der Waals surface area contributed by atoms with Gasteiger partial charge in [-0.25, -0.2) is 4.39 Å². The molecule has 0 heterocycles. The van der Waals surface area contributed by atoms with Crippen molar-refractivity contribution in [2.45, 2.75) is 38.8 Å². The number of hydrogen-bond acceptors (Lipinski definition) is 0. The fraction of sp³-hybridized carbons (Fsp3) is 0.250. The monoisotopic (exact) mass is 384 g/mol. The minimum Gasteiger partial charge on any atom is -0.206 e. The number of rotatable bonds is 3. The Morgan fingerprint density at radius 1 is 0.786 bits per heavy atom. The van der Waals surface area contributed by atoms with Gasteiger partial charge in [0.25, 0.3) is 0 Å². The van der Waals surface area contributed by atoms with Crippen LogP contribution in [0.3, 0.4) is 0 Å². The Bertz CT molecular complexity index is 1010.